The summed E-state index contributed by atoms with van der Waals surface area (Å²) in [6.45, 7) is 2.01. The van der Waals surface area contributed by atoms with Crippen molar-refractivity contribution in [2.24, 2.45) is 5.10 Å². The maximum absolute atomic E-state index is 11.8. The molecule has 0 aromatic heterocycles. The van der Waals surface area contributed by atoms with Crippen LogP contribution < -0.4 is 10.2 Å². The first-order valence-electron chi connectivity index (χ1n) is 6.69. The van der Waals surface area contributed by atoms with Gasteiger partial charge in [0.1, 0.15) is 5.75 Å². The summed E-state index contributed by atoms with van der Waals surface area (Å²) in [5.74, 6) is 0.626. The van der Waals surface area contributed by atoms with Crippen molar-refractivity contribution < 1.29 is 9.53 Å². The Morgan fingerprint density at radius 3 is 2.67 bits per heavy atom. The summed E-state index contributed by atoms with van der Waals surface area (Å²) >= 11 is 0. The molecule has 0 atom stereocenters. The molecule has 0 unspecified atom stereocenters. The van der Waals surface area contributed by atoms with Gasteiger partial charge in [-0.3, -0.25) is 4.79 Å². The standard InChI is InChI=1S/C17H18N2O2/c1-13-4-3-5-15(10-13)12-18-19-17(20)11-14-6-8-16(21-2)9-7-14/h3-10,12H,11H2,1-2H3,(H,19,20)/b18-12+. The molecule has 4 nitrogen and oxygen atoms in total. The van der Waals surface area contributed by atoms with E-state index >= 15 is 0 Å². The van der Waals surface area contributed by atoms with Gasteiger partial charge in [-0.15, -0.1) is 0 Å². The zero-order chi connectivity index (χ0) is 15.1. The number of aryl methyl sites for hydroxylation is 1. The molecule has 108 valence electrons. The molecule has 1 amide bonds. The summed E-state index contributed by atoms with van der Waals surface area (Å²) in [7, 11) is 1.61. The number of carbonyl (C=O) groups excluding carboxylic acids is 1. The fourth-order valence-corrected chi connectivity index (χ4v) is 1.90. The number of hydrogen-bond donors (Lipinski definition) is 1. The van der Waals surface area contributed by atoms with Crippen molar-refractivity contribution in [1.29, 1.82) is 0 Å². The van der Waals surface area contributed by atoms with E-state index in [1.54, 1.807) is 13.3 Å². The highest BCUT2D eigenvalue weighted by Crippen LogP contribution is 2.11. The normalized spacial score (nSPS) is 10.6. The van der Waals surface area contributed by atoms with Gasteiger partial charge in [-0.25, -0.2) is 5.43 Å². The minimum Gasteiger partial charge on any atom is -0.497 e. The average molecular weight is 282 g/mol. The Morgan fingerprint density at radius 2 is 2.00 bits per heavy atom. The molecule has 2 rings (SSSR count). The molecule has 0 heterocycles. The van der Waals surface area contributed by atoms with Crippen molar-refractivity contribution in [3.63, 3.8) is 0 Å². The van der Waals surface area contributed by atoms with Crippen molar-refractivity contribution in [3.05, 3.63) is 65.2 Å². The number of nitrogens with one attached hydrogen (secondary N) is 1. The molecule has 0 aliphatic rings. The number of rotatable bonds is 5. The third kappa shape index (κ3) is 4.76. The number of carbonyl (C=O) groups is 1. The summed E-state index contributed by atoms with van der Waals surface area (Å²) < 4.78 is 5.07. The fourth-order valence-electron chi connectivity index (χ4n) is 1.90. The Balaban J connectivity index is 1.86. The van der Waals surface area contributed by atoms with Crippen LogP contribution in [0.25, 0.3) is 0 Å². The highest BCUT2D eigenvalue weighted by Gasteiger charge is 2.02. The Morgan fingerprint density at radius 1 is 1.24 bits per heavy atom. The van der Waals surface area contributed by atoms with Crippen molar-refractivity contribution in [3.8, 4) is 5.75 Å². The lowest BCUT2D eigenvalue weighted by molar-refractivity contribution is -0.120. The average Bonchev–Trinajstić information content (AvgIpc) is 2.48. The smallest absolute Gasteiger partial charge is 0.244 e. The van der Waals surface area contributed by atoms with Crippen LogP contribution in [0, 0.1) is 6.92 Å². The van der Waals surface area contributed by atoms with Crippen LogP contribution >= 0.6 is 0 Å². The second-order valence-corrected chi connectivity index (χ2v) is 4.73. The van der Waals surface area contributed by atoms with Gasteiger partial charge in [-0.1, -0.05) is 42.0 Å². The molecule has 0 fully saturated rings. The number of methoxy groups -OCH3 is 1. The summed E-state index contributed by atoms with van der Waals surface area (Å²) in [6.07, 6.45) is 1.92. The van der Waals surface area contributed by atoms with Crippen molar-refractivity contribution in [2.75, 3.05) is 7.11 Å². The van der Waals surface area contributed by atoms with Crippen LogP contribution in [-0.4, -0.2) is 19.2 Å². The van der Waals surface area contributed by atoms with Gasteiger partial charge in [-0.05, 0) is 30.2 Å². The molecular formula is C17H18N2O2. The van der Waals surface area contributed by atoms with Crippen molar-refractivity contribution in [2.45, 2.75) is 13.3 Å². The molecule has 0 radical (unpaired) electrons. The molecule has 0 aliphatic heterocycles. The van der Waals surface area contributed by atoms with Crippen molar-refractivity contribution >= 4 is 12.1 Å². The van der Waals surface area contributed by atoms with Crippen LogP contribution in [0.1, 0.15) is 16.7 Å². The van der Waals surface area contributed by atoms with Gasteiger partial charge in [0, 0.05) is 0 Å². The second kappa shape index (κ2) is 7.24. The SMILES string of the molecule is COc1ccc(CC(=O)N/N=C/c2cccc(C)c2)cc1. The van der Waals surface area contributed by atoms with E-state index in [1.165, 1.54) is 0 Å². The second-order valence-electron chi connectivity index (χ2n) is 4.73. The Hall–Kier alpha value is -2.62. The van der Waals surface area contributed by atoms with Gasteiger partial charge in [-0.2, -0.15) is 5.10 Å². The highest BCUT2D eigenvalue weighted by atomic mass is 16.5. The molecule has 0 saturated carbocycles. The minimum atomic E-state index is -0.149. The first-order valence-corrected chi connectivity index (χ1v) is 6.69. The van der Waals surface area contributed by atoms with Gasteiger partial charge < -0.3 is 4.74 Å². The highest BCUT2D eigenvalue weighted by molar-refractivity contribution is 5.83. The lowest BCUT2D eigenvalue weighted by Gasteiger charge is -2.02. The molecule has 1 N–H and O–H groups in total. The fraction of sp³-hybridized carbons (Fsp3) is 0.176. The van der Waals surface area contributed by atoms with E-state index in [9.17, 15) is 4.79 Å². The molecule has 4 heteroatoms. The molecule has 0 bridgehead atoms. The van der Waals surface area contributed by atoms with E-state index in [0.717, 1.165) is 22.4 Å². The number of nitrogens with zero attached hydrogens (tertiary/aromatic N) is 1. The van der Waals surface area contributed by atoms with E-state index in [-0.39, 0.29) is 12.3 Å². The van der Waals surface area contributed by atoms with Crippen LogP contribution in [0.3, 0.4) is 0 Å². The van der Waals surface area contributed by atoms with E-state index in [1.807, 2.05) is 55.5 Å². The quantitative estimate of drug-likeness (QED) is 0.677. The van der Waals surface area contributed by atoms with E-state index < -0.39 is 0 Å². The molecule has 0 spiro atoms. The largest absolute Gasteiger partial charge is 0.497 e. The summed E-state index contributed by atoms with van der Waals surface area (Å²) in [4.78, 5) is 11.8. The van der Waals surface area contributed by atoms with Crippen LogP contribution in [0.2, 0.25) is 0 Å². The molecule has 0 aliphatic carbocycles. The maximum atomic E-state index is 11.8. The number of hydrazone groups is 1. The third-order valence-corrected chi connectivity index (χ3v) is 2.97. The Labute approximate surface area is 124 Å². The molecule has 0 saturated heterocycles. The summed E-state index contributed by atoms with van der Waals surface area (Å²) in [5.41, 5.74) is 5.56. The van der Waals surface area contributed by atoms with Crippen LogP contribution in [0.5, 0.6) is 5.75 Å². The number of amides is 1. The zero-order valence-corrected chi connectivity index (χ0v) is 12.2. The van der Waals surface area contributed by atoms with Crippen LogP contribution in [-0.2, 0) is 11.2 Å². The van der Waals surface area contributed by atoms with Gasteiger partial charge in [0.05, 0.1) is 19.7 Å². The lowest BCUT2D eigenvalue weighted by Crippen LogP contribution is -2.19. The van der Waals surface area contributed by atoms with Crippen LogP contribution in [0.15, 0.2) is 53.6 Å². The van der Waals surface area contributed by atoms with E-state index in [4.69, 9.17) is 4.74 Å². The van der Waals surface area contributed by atoms with Gasteiger partial charge in [0.2, 0.25) is 5.91 Å². The molecule has 2 aromatic carbocycles. The Kier molecular flexibility index (Phi) is 5.10. The minimum absolute atomic E-state index is 0.149. The zero-order valence-electron chi connectivity index (χ0n) is 12.2. The first kappa shape index (κ1) is 14.8. The predicted molar refractivity (Wildman–Crippen MR) is 83.6 cm³/mol. The molecular weight excluding hydrogens is 264 g/mol. The number of ether oxygens (including phenoxy) is 1. The predicted octanol–water partition coefficient (Wildman–Crippen LogP) is 2.70. The molecule has 2 aromatic rings. The molecule has 21 heavy (non-hydrogen) atoms. The van der Waals surface area contributed by atoms with E-state index in [0.29, 0.717) is 0 Å². The third-order valence-electron chi connectivity index (χ3n) is 2.97. The number of benzene rings is 2. The van der Waals surface area contributed by atoms with Crippen LogP contribution in [0.4, 0.5) is 0 Å². The van der Waals surface area contributed by atoms with Gasteiger partial charge in [0.25, 0.3) is 0 Å². The monoisotopic (exact) mass is 282 g/mol. The topological polar surface area (TPSA) is 50.7 Å². The van der Waals surface area contributed by atoms with Gasteiger partial charge >= 0.3 is 0 Å². The van der Waals surface area contributed by atoms with Crippen molar-refractivity contribution in [1.82, 2.24) is 5.43 Å². The number of hydrogen-bond acceptors (Lipinski definition) is 3. The van der Waals surface area contributed by atoms with E-state index in [2.05, 4.69) is 10.5 Å². The lowest BCUT2D eigenvalue weighted by atomic mass is 10.1. The summed E-state index contributed by atoms with van der Waals surface area (Å²) in [5, 5.41) is 3.96. The summed E-state index contributed by atoms with van der Waals surface area (Å²) in [6, 6.07) is 15.3. The Bertz CT molecular complexity index is 633. The van der Waals surface area contributed by atoms with Gasteiger partial charge in [0.15, 0.2) is 0 Å². The first-order chi connectivity index (χ1) is 10.2. The maximum Gasteiger partial charge on any atom is 0.244 e.